The second-order valence-corrected chi connectivity index (χ2v) is 5.77. The van der Waals surface area contributed by atoms with Gasteiger partial charge in [-0.3, -0.25) is 0 Å². The van der Waals surface area contributed by atoms with Gasteiger partial charge in [0.2, 0.25) is 0 Å². The van der Waals surface area contributed by atoms with Gasteiger partial charge >= 0.3 is 0 Å². The lowest BCUT2D eigenvalue weighted by Crippen LogP contribution is -2.03. The molecule has 0 unspecified atom stereocenters. The Morgan fingerprint density at radius 1 is 0.800 bits per heavy atom. The van der Waals surface area contributed by atoms with E-state index in [1.54, 1.807) is 0 Å². The molecule has 0 aromatic rings. The molecule has 90 valence electrons. The molecule has 0 aliphatic rings. The highest BCUT2D eigenvalue weighted by atomic mass is 14.1. The normalized spacial score (nSPS) is 12.5. The first-order chi connectivity index (χ1) is 7.06. The van der Waals surface area contributed by atoms with Crippen molar-refractivity contribution in [3.05, 3.63) is 12.2 Å². The lowest BCUT2D eigenvalue weighted by Gasteiger charge is -2.17. The van der Waals surface area contributed by atoms with E-state index in [1.165, 1.54) is 51.4 Å². The number of hydrogen-bond donors (Lipinski definition) is 0. The Morgan fingerprint density at radius 2 is 1.33 bits per heavy atom. The molecule has 0 rings (SSSR count). The number of allylic oxidation sites excluding steroid dienone is 2. The molecule has 0 aliphatic heterocycles. The molecule has 0 heterocycles. The maximum absolute atomic E-state index is 2.37. The van der Waals surface area contributed by atoms with Crippen LogP contribution < -0.4 is 0 Å². The van der Waals surface area contributed by atoms with E-state index in [4.69, 9.17) is 0 Å². The average molecular weight is 210 g/mol. The standard InChI is InChI=1S/C15H30/c1-5-6-7-8-9-10-11-12-13-14-15(2,3)4/h9-10H,5-8,11-14H2,1-4H3/b10-9+. The summed E-state index contributed by atoms with van der Waals surface area (Å²) in [5.74, 6) is 0. The van der Waals surface area contributed by atoms with E-state index in [2.05, 4.69) is 39.8 Å². The van der Waals surface area contributed by atoms with Crippen molar-refractivity contribution >= 4 is 0 Å². The summed E-state index contributed by atoms with van der Waals surface area (Å²) in [7, 11) is 0. The van der Waals surface area contributed by atoms with E-state index in [0.717, 1.165) is 0 Å². The average Bonchev–Trinajstić information content (AvgIpc) is 2.14. The highest BCUT2D eigenvalue weighted by Gasteiger charge is 2.08. The van der Waals surface area contributed by atoms with E-state index in [9.17, 15) is 0 Å². The molecule has 0 fully saturated rings. The second kappa shape index (κ2) is 9.00. The molecular formula is C15H30. The van der Waals surface area contributed by atoms with Crippen LogP contribution in [0.1, 0.15) is 79.1 Å². The summed E-state index contributed by atoms with van der Waals surface area (Å²) in [5.41, 5.74) is 0.519. The third-order valence-corrected chi connectivity index (χ3v) is 2.69. The molecule has 0 N–H and O–H groups in total. The second-order valence-electron chi connectivity index (χ2n) is 5.77. The van der Waals surface area contributed by atoms with Crippen molar-refractivity contribution in [1.82, 2.24) is 0 Å². The third kappa shape index (κ3) is 13.7. The molecular weight excluding hydrogens is 180 g/mol. The lowest BCUT2D eigenvalue weighted by atomic mass is 9.89. The van der Waals surface area contributed by atoms with Crippen LogP contribution >= 0.6 is 0 Å². The highest BCUT2D eigenvalue weighted by molar-refractivity contribution is 4.81. The minimum absolute atomic E-state index is 0.519. The Morgan fingerprint density at radius 3 is 1.80 bits per heavy atom. The summed E-state index contributed by atoms with van der Waals surface area (Å²) in [6.07, 6.45) is 15.5. The van der Waals surface area contributed by atoms with Crippen LogP contribution in [-0.4, -0.2) is 0 Å². The van der Waals surface area contributed by atoms with Gasteiger partial charge < -0.3 is 0 Å². The van der Waals surface area contributed by atoms with Crippen LogP contribution in [-0.2, 0) is 0 Å². The summed E-state index contributed by atoms with van der Waals surface area (Å²) in [5, 5.41) is 0. The first kappa shape index (κ1) is 14.7. The fourth-order valence-corrected chi connectivity index (χ4v) is 1.67. The fraction of sp³-hybridized carbons (Fsp3) is 0.867. The largest absolute Gasteiger partial charge is 0.0885 e. The molecule has 0 bridgehead atoms. The molecule has 0 heteroatoms. The quantitative estimate of drug-likeness (QED) is 0.354. The minimum atomic E-state index is 0.519. The van der Waals surface area contributed by atoms with Crippen LogP contribution in [0.2, 0.25) is 0 Å². The molecule has 0 aromatic heterocycles. The third-order valence-electron chi connectivity index (χ3n) is 2.69. The Labute approximate surface area is 97.2 Å². The molecule has 15 heavy (non-hydrogen) atoms. The van der Waals surface area contributed by atoms with Crippen LogP contribution in [0.4, 0.5) is 0 Å². The molecule has 0 saturated carbocycles. The Hall–Kier alpha value is -0.260. The Bertz CT molecular complexity index is 148. The molecule has 0 aromatic carbocycles. The summed E-state index contributed by atoms with van der Waals surface area (Å²) in [6.45, 7) is 9.24. The predicted octanol–water partition coefficient (Wildman–Crippen LogP) is 5.73. The van der Waals surface area contributed by atoms with Crippen molar-refractivity contribution in [3.8, 4) is 0 Å². The van der Waals surface area contributed by atoms with Gasteiger partial charge in [-0.05, 0) is 37.5 Å². The first-order valence-electron chi connectivity index (χ1n) is 6.71. The van der Waals surface area contributed by atoms with Crippen LogP contribution in [0.15, 0.2) is 12.2 Å². The van der Waals surface area contributed by atoms with Gasteiger partial charge in [-0.1, -0.05) is 59.1 Å². The van der Waals surface area contributed by atoms with Crippen molar-refractivity contribution in [1.29, 1.82) is 0 Å². The zero-order valence-electron chi connectivity index (χ0n) is 11.3. The molecule has 0 atom stereocenters. The van der Waals surface area contributed by atoms with Gasteiger partial charge in [-0.15, -0.1) is 0 Å². The maximum Gasteiger partial charge on any atom is -0.0351 e. The van der Waals surface area contributed by atoms with Gasteiger partial charge in [0.15, 0.2) is 0 Å². The summed E-state index contributed by atoms with van der Waals surface area (Å²) in [6, 6.07) is 0. The van der Waals surface area contributed by atoms with Crippen molar-refractivity contribution in [3.63, 3.8) is 0 Å². The summed E-state index contributed by atoms with van der Waals surface area (Å²) < 4.78 is 0. The number of rotatable bonds is 8. The van der Waals surface area contributed by atoms with E-state index in [1.807, 2.05) is 0 Å². The van der Waals surface area contributed by atoms with E-state index < -0.39 is 0 Å². The maximum atomic E-state index is 2.37. The zero-order valence-corrected chi connectivity index (χ0v) is 11.3. The highest BCUT2D eigenvalue weighted by Crippen LogP contribution is 2.21. The van der Waals surface area contributed by atoms with Crippen molar-refractivity contribution in [2.24, 2.45) is 5.41 Å². The number of hydrogen-bond acceptors (Lipinski definition) is 0. The summed E-state index contributed by atoms with van der Waals surface area (Å²) in [4.78, 5) is 0. The first-order valence-corrected chi connectivity index (χ1v) is 6.71. The monoisotopic (exact) mass is 210 g/mol. The van der Waals surface area contributed by atoms with Crippen LogP contribution in [0.3, 0.4) is 0 Å². The van der Waals surface area contributed by atoms with Crippen molar-refractivity contribution in [2.75, 3.05) is 0 Å². The fourth-order valence-electron chi connectivity index (χ4n) is 1.67. The number of unbranched alkanes of at least 4 members (excludes halogenated alkanes) is 5. The van der Waals surface area contributed by atoms with Crippen LogP contribution in [0, 0.1) is 5.41 Å². The lowest BCUT2D eigenvalue weighted by molar-refractivity contribution is 0.361. The predicted molar refractivity (Wildman–Crippen MR) is 71.2 cm³/mol. The SMILES string of the molecule is CCCCC/C=C/CCCCC(C)(C)C. The van der Waals surface area contributed by atoms with Gasteiger partial charge in [0.1, 0.15) is 0 Å². The van der Waals surface area contributed by atoms with Gasteiger partial charge in [-0.2, -0.15) is 0 Å². The van der Waals surface area contributed by atoms with Gasteiger partial charge in [-0.25, -0.2) is 0 Å². The molecule has 0 nitrogen and oxygen atoms in total. The topological polar surface area (TPSA) is 0 Å². The van der Waals surface area contributed by atoms with E-state index >= 15 is 0 Å². The molecule has 0 aliphatic carbocycles. The minimum Gasteiger partial charge on any atom is -0.0885 e. The van der Waals surface area contributed by atoms with Gasteiger partial charge in [0.05, 0.1) is 0 Å². The van der Waals surface area contributed by atoms with E-state index in [-0.39, 0.29) is 0 Å². The van der Waals surface area contributed by atoms with Crippen molar-refractivity contribution in [2.45, 2.75) is 79.1 Å². The van der Waals surface area contributed by atoms with Crippen LogP contribution in [0.25, 0.3) is 0 Å². The van der Waals surface area contributed by atoms with E-state index in [0.29, 0.717) is 5.41 Å². The van der Waals surface area contributed by atoms with Crippen LogP contribution in [0.5, 0.6) is 0 Å². The molecule has 0 spiro atoms. The summed E-state index contributed by atoms with van der Waals surface area (Å²) >= 11 is 0. The molecule has 0 radical (unpaired) electrons. The van der Waals surface area contributed by atoms with Gasteiger partial charge in [0.25, 0.3) is 0 Å². The smallest absolute Gasteiger partial charge is 0.0351 e. The Balaban J connectivity index is 3.17. The molecule has 0 amide bonds. The Kier molecular flexibility index (Phi) is 8.85. The molecule has 0 saturated heterocycles. The van der Waals surface area contributed by atoms with Crippen molar-refractivity contribution < 1.29 is 0 Å². The zero-order chi connectivity index (χ0) is 11.6. The van der Waals surface area contributed by atoms with Gasteiger partial charge in [0, 0.05) is 0 Å².